The number of hydrogen-bond acceptors (Lipinski definition) is 5. The summed E-state index contributed by atoms with van der Waals surface area (Å²) in [4.78, 5) is 13.9. The average Bonchev–Trinajstić information content (AvgIpc) is 2.90. The molecule has 0 amide bonds. The smallest absolute Gasteiger partial charge is 0.157 e. The van der Waals surface area contributed by atoms with Crippen LogP contribution >= 0.6 is 15.9 Å². The Labute approximate surface area is 155 Å². The van der Waals surface area contributed by atoms with Gasteiger partial charge in [-0.3, -0.25) is 9.58 Å². The van der Waals surface area contributed by atoms with Gasteiger partial charge in [-0.25, -0.2) is 9.97 Å². The van der Waals surface area contributed by atoms with Gasteiger partial charge in [0, 0.05) is 62.0 Å². The molecule has 0 aliphatic carbocycles. The highest BCUT2D eigenvalue weighted by Crippen LogP contribution is 2.20. The van der Waals surface area contributed by atoms with Crippen molar-refractivity contribution in [2.45, 2.75) is 13.5 Å². The SMILES string of the molecule is Cc1nn(C)c2ncc(CN3CCN(c4ccc(Br)cn4)CC3)cc12. The van der Waals surface area contributed by atoms with Gasteiger partial charge in [-0.2, -0.15) is 5.10 Å². The first-order chi connectivity index (χ1) is 12.1. The highest BCUT2D eigenvalue weighted by molar-refractivity contribution is 9.10. The summed E-state index contributed by atoms with van der Waals surface area (Å²) in [5, 5.41) is 5.60. The number of rotatable bonds is 3. The summed E-state index contributed by atoms with van der Waals surface area (Å²) >= 11 is 3.44. The maximum Gasteiger partial charge on any atom is 0.157 e. The van der Waals surface area contributed by atoms with E-state index in [4.69, 9.17) is 0 Å². The zero-order valence-electron chi connectivity index (χ0n) is 14.5. The standard InChI is InChI=1S/C18H21BrN6/c1-13-16-9-14(10-21-18(16)23(2)22-13)12-24-5-7-25(8-6-24)17-4-3-15(19)11-20-17/h3-4,9-11H,5-8,12H2,1-2H3. The summed E-state index contributed by atoms with van der Waals surface area (Å²) < 4.78 is 2.86. The molecule has 25 heavy (non-hydrogen) atoms. The number of anilines is 1. The van der Waals surface area contributed by atoms with Crippen LogP contribution in [0.1, 0.15) is 11.3 Å². The third-order valence-corrected chi connectivity index (χ3v) is 5.20. The lowest BCUT2D eigenvalue weighted by Gasteiger charge is -2.35. The van der Waals surface area contributed by atoms with Crippen LogP contribution in [0, 0.1) is 6.92 Å². The van der Waals surface area contributed by atoms with E-state index in [9.17, 15) is 0 Å². The summed E-state index contributed by atoms with van der Waals surface area (Å²) in [6.45, 7) is 7.02. The maximum absolute atomic E-state index is 4.59. The van der Waals surface area contributed by atoms with Crippen LogP contribution in [-0.4, -0.2) is 50.8 Å². The molecule has 1 aliphatic rings. The molecule has 0 unspecified atom stereocenters. The van der Waals surface area contributed by atoms with Crippen LogP contribution < -0.4 is 4.90 Å². The summed E-state index contributed by atoms with van der Waals surface area (Å²) in [5.74, 6) is 1.05. The van der Waals surface area contributed by atoms with Crippen LogP contribution in [0.5, 0.6) is 0 Å². The zero-order valence-corrected chi connectivity index (χ0v) is 16.1. The first-order valence-electron chi connectivity index (χ1n) is 8.47. The molecule has 0 atom stereocenters. The topological polar surface area (TPSA) is 50.1 Å². The summed E-state index contributed by atoms with van der Waals surface area (Å²) in [6.07, 6.45) is 3.84. The molecule has 1 aliphatic heterocycles. The van der Waals surface area contributed by atoms with Crippen LogP contribution in [0.2, 0.25) is 0 Å². The molecule has 0 bridgehead atoms. The number of halogens is 1. The molecule has 4 heterocycles. The Morgan fingerprint density at radius 1 is 1.08 bits per heavy atom. The van der Waals surface area contributed by atoms with E-state index in [1.54, 1.807) is 0 Å². The van der Waals surface area contributed by atoms with Gasteiger partial charge in [0.2, 0.25) is 0 Å². The van der Waals surface area contributed by atoms with Crippen molar-refractivity contribution in [3.8, 4) is 0 Å². The molecule has 3 aromatic rings. The quantitative estimate of drug-likeness (QED) is 0.676. The second-order valence-electron chi connectivity index (χ2n) is 6.52. The Hall–Kier alpha value is -1.99. The molecule has 1 saturated heterocycles. The number of aromatic nitrogens is 4. The molecule has 4 rings (SSSR count). The molecule has 0 spiro atoms. The first-order valence-corrected chi connectivity index (χ1v) is 9.26. The lowest BCUT2D eigenvalue weighted by Crippen LogP contribution is -2.46. The van der Waals surface area contributed by atoms with Crippen LogP contribution in [0.3, 0.4) is 0 Å². The lowest BCUT2D eigenvalue weighted by molar-refractivity contribution is 0.249. The zero-order chi connectivity index (χ0) is 17.4. The van der Waals surface area contributed by atoms with Crippen molar-refractivity contribution in [2.75, 3.05) is 31.1 Å². The normalized spacial score (nSPS) is 15.9. The van der Waals surface area contributed by atoms with E-state index in [1.807, 2.05) is 37.1 Å². The number of piperazine rings is 1. The Morgan fingerprint density at radius 3 is 2.60 bits per heavy atom. The van der Waals surface area contributed by atoms with Gasteiger partial charge in [-0.15, -0.1) is 0 Å². The van der Waals surface area contributed by atoms with Gasteiger partial charge in [0.05, 0.1) is 5.69 Å². The number of aryl methyl sites for hydroxylation is 2. The fraction of sp³-hybridized carbons (Fsp3) is 0.389. The largest absolute Gasteiger partial charge is 0.354 e. The van der Waals surface area contributed by atoms with Gasteiger partial charge in [-0.05, 0) is 46.6 Å². The first kappa shape index (κ1) is 16.5. The Bertz CT molecular complexity index is 880. The van der Waals surface area contributed by atoms with Crippen molar-refractivity contribution in [3.63, 3.8) is 0 Å². The molecule has 0 radical (unpaired) electrons. The Balaban J connectivity index is 1.41. The highest BCUT2D eigenvalue weighted by Gasteiger charge is 2.18. The van der Waals surface area contributed by atoms with Crippen LogP contribution in [0.15, 0.2) is 35.1 Å². The van der Waals surface area contributed by atoms with Gasteiger partial charge in [0.25, 0.3) is 0 Å². The van der Waals surface area contributed by atoms with Crippen LogP contribution in [0.25, 0.3) is 11.0 Å². The van der Waals surface area contributed by atoms with Crippen molar-refractivity contribution in [3.05, 3.63) is 46.3 Å². The van der Waals surface area contributed by atoms with Gasteiger partial charge in [-0.1, -0.05) is 0 Å². The summed E-state index contributed by atoms with van der Waals surface area (Å²) in [7, 11) is 1.94. The molecule has 7 heteroatoms. The van der Waals surface area contributed by atoms with Crippen molar-refractivity contribution in [1.82, 2.24) is 24.6 Å². The number of hydrogen-bond donors (Lipinski definition) is 0. The van der Waals surface area contributed by atoms with E-state index in [2.05, 4.69) is 52.9 Å². The van der Waals surface area contributed by atoms with E-state index < -0.39 is 0 Å². The molecule has 0 aromatic carbocycles. The van der Waals surface area contributed by atoms with Crippen molar-refractivity contribution >= 4 is 32.8 Å². The maximum atomic E-state index is 4.59. The second-order valence-corrected chi connectivity index (χ2v) is 7.44. The van der Waals surface area contributed by atoms with Crippen molar-refractivity contribution < 1.29 is 0 Å². The molecule has 0 saturated carbocycles. The highest BCUT2D eigenvalue weighted by atomic mass is 79.9. The molecule has 3 aromatic heterocycles. The number of nitrogens with zero attached hydrogens (tertiary/aromatic N) is 6. The van der Waals surface area contributed by atoms with Gasteiger partial charge < -0.3 is 4.90 Å². The number of fused-ring (bicyclic) bond motifs is 1. The monoisotopic (exact) mass is 400 g/mol. The van der Waals surface area contributed by atoms with Gasteiger partial charge in [0.1, 0.15) is 5.82 Å². The fourth-order valence-corrected chi connectivity index (χ4v) is 3.62. The lowest BCUT2D eigenvalue weighted by atomic mass is 10.2. The van der Waals surface area contributed by atoms with E-state index in [-0.39, 0.29) is 0 Å². The predicted octanol–water partition coefficient (Wildman–Crippen LogP) is 2.76. The van der Waals surface area contributed by atoms with E-state index in [0.29, 0.717) is 0 Å². The van der Waals surface area contributed by atoms with Gasteiger partial charge >= 0.3 is 0 Å². The van der Waals surface area contributed by atoms with Gasteiger partial charge in [0.15, 0.2) is 5.65 Å². The van der Waals surface area contributed by atoms with Crippen LogP contribution in [0.4, 0.5) is 5.82 Å². The predicted molar refractivity (Wildman–Crippen MR) is 103 cm³/mol. The van der Waals surface area contributed by atoms with Crippen molar-refractivity contribution in [2.24, 2.45) is 7.05 Å². The molecular weight excluding hydrogens is 380 g/mol. The molecule has 6 nitrogen and oxygen atoms in total. The third-order valence-electron chi connectivity index (χ3n) is 4.73. The summed E-state index contributed by atoms with van der Waals surface area (Å²) in [6, 6.07) is 6.35. The molecular formula is C18H21BrN6. The minimum atomic E-state index is 0.929. The third kappa shape index (κ3) is 3.39. The molecule has 0 N–H and O–H groups in total. The minimum Gasteiger partial charge on any atom is -0.354 e. The second kappa shape index (κ2) is 6.72. The van der Waals surface area contributed by atoms with E-state index in [0.717, 1.165) is 59.7 Å². The average molecular weight is 401 g/mol. The van der Waals surface area contributed by atoms with E-state index in [1.165, 1.54) is 5.56 Å². The molecule has 1 fully saturated rings. The van der Waals surface area contributed by atoms with E-state index >= 15 is 0 Å². The minimum absolute atomic E-state index is 0.929. The number of pyridine rings is 2. The Kier molecular flexibility index (Phi) is 4.43. The van der Waals surface area contributed by atoms with Crippen LogP contribution in [-0.2, 0) is 13.6 Å². The summed E-state index contributed by atoms with van der Waals surface area (Å²) in [5.41, 5.74) is 3.24. The molecule has 130 valence electrons. The Morgan fingerprint density at radius 2 is 1.88 bits per heavy atom. The van der Waals surface area contributed by atoms with Crippen molar-refractivity contribution in [1.29, 1.82) is 0 Å². The fourth-order valence-electron chi connectivity index (χ4n) is 3.39.